The lowest BCUT2D eigenvalue weighted by molar-refractivity contribution is -0.612. The van der Waals surface area contributed by atoms with Crippen LogP contribution in [0.1, 0.15) is 12.5 Å². The SMILES string of the molecule is [CH2-][NH2+]Cc1ccc(NC(C)=O)cc1. The Balaban J connectivity index is 2.64. The minimum Gasteiger partial charge on any atom is -0.475 e. The Morgan fingerprint density at radius 2 is 2.08 bits per heavy atom. The van der Waals surface area contributed by atoms with Crippen LogP contribution in [0.5, 0.6) is 0 Å². The first kappa shape index (κ1) is 9.74. The van der Waals surface area contributed by atoms with Crippen molar-refractivity contribution >= 4 is 11.6 Å². The van der Waals surface area contributed by atoms with Gasteiger partial charge in [0.2, 0.25) is 5.91 Å². The van der Waals surface area contributed by atoms with Crippen LogP contribution in [-0.4, -0.2) is 5.91 Å². The van der Waals surface area contributed by atoms with Crippen molar-refractivity contribution in [2.45, 2.75) is 13.5 Å². The van der Waals surface area contributed by atoms with Gasteiger partial charge in [-0.15, -0.1) is 0 Å². The number of quaternary nitrogens is 1. The van der Waals surface area contributed by atoms with Crippen molar-refractivity contribution in [1.82, 2.24) is 0 Å². The summed E-state index contributed by atoms with van der Waals surface area (Å²) < 4.78 is 0. The summed E-state index contributed by atoms with van der Waals surface area (Å²) in [5.41, 5.74) is 2.03. The highest BCUT2D eigenvalue weighted by molar-refractivity contribution is 5.88. The average molecular weight is 178 g/mol. The maximum absolute atomic E-state index is 10.7. The van der Waals surface area contributed by atoms with Crippen LogP contribution in [0.15, 0.2) is 24.3 Å². The van der Waals surface area contributed by atoms with E-state index in [2.05, 4.69) is 12.4 Å². The minimum absolute atomic E-state index is 0.0449. The van der Waals surface area contributed by atoms with Crippen LogP contribution < -0.4 is 10.6 Å². The lowest BCUT2D eigenvalue weighted by Crippen LogP contribution is -2.74. The predicted molar refractivity (Wildman–Crippen MR) is 51.7 cm³/mol. The zero-order valence-electron chi connectivity index (χ0n) is 7.71. The van der Waals surface area contributed by atoms with Crippen molar-refractivity contribution in [2.24, 2.45) is 0 Å². The monoisotopic (exact) mass is 178 g/mol. The van der Waals surface area contributed by atoms with Crippen LogP contribution in [-0.2, 0) is 11.3 Å². The van der Waals surface area contributed by atoms with Gasteiger partial charge in [0, 0.05) is 18.2 Å². The molecular formula is C10H14N2O. The van der Waals surface area contributed by atoms with E-state index in [1.165, 1.54) is 12.5 Å². The average Bonchev–Trinajstić information content (AvgIpc) is 2.08. The molecule has 0 aromatic heterocycles. The normalized spacial score (nSPS) is 9.69. The fourth-order valence-electron chi connectivity index (χ4n) is 1.09. The van der Waals surface area contributed by atoms with Crippen LogP contribution >= 0.6 is 0 Å². The number of benzene rings is 1. The molecule has 0 heterocycles. The molecule has 0 aliphatic carbocycles. The topological polar surface area (TPSA) is 45.7 Å². The second kappa shape index (κ2) is 4.62. The molecule has 0 radical (unpaired) electrons. The number of anilines is 1. The smallest absolute Gasteiger partial charge is 0.221 e. The first-order chi connectivity index (χ1) is 6.22. The van der Waals surface area contributed by atoms with Crippen molar-refractivity contribution < 1.29 is 10.1 Å². The van der Waals surface area contributed by atoms with Crippen molar-refractivity contribution in [1.29, 1.82) is 0 Å². The third-order valence-corrected chi connectivity index (χ3v) is 1.65. The number of carbonyl (C=O) groups excluding carboxylic acids is 1. The van der Waals surface area contributed by atoms with E-state index in [4.69, 9.17) is 0 Å². The lowest BCUT2D eigenvalue weighted by atomic mass is 10.2. The van der Waals surface area contributed by atoms with Crippen LogP contribution in [0, 0.1) is 7.05 Å². The van der Waals surface area contributed by atoms with Gasteiger partial charge in [-0.1, -0.05) is 12.1 Å². The first-order valence-electron chi connectivity index (χ1n) is 4.20. The minimum atomic E-state index is -0.0449. The summed E-state index contributed by atoms with van der Waals surface area (Å²) in [7, 11) is 3.66. The third kappa shape index (κ3) is 3.25. The fraction of sp³-hybridized carbons (Fsp3) is 0.200. The summed E-state index contributed by atoms with van der Waals surface area (Å²) in [6, 6.07) is 7.74. The Kier molecular flexibility index (Phi) is 3.46. The van der Waals surface area contributed by atoms with Crippen molar-refractivity contribution in [3.63, 3.8) is 0 Å². The third-order valence-electron chi connectivity index (χ3n) is 1.65. The molecule has 1 amide bonds. The summed E-state index contributed by atoms with van der Waals surface area (Å²) >= 11 is 0. The first-order valence-corrected chi connectivity index (χ1v) is 4.20. The predicted octanol–water partition coefficient (Wildman–Crippen LogP) is 0.500. The summed E-state index contributed by atoms with van der Waals surface area (Å²) in [5, 5.41) is 4.56. The molecule has 0 aliphatic heterocycles. The molecule has 13 heavy (non-hydrogen) atoms. The molecule has 0 bridgehead atoms. The molecule has 0 aliphatic rings. The Morgan fingerprint density at radius 3 is 2.54 bits per heavy atom. The van der Waals surface area contributed by atoms with E-state index in [9.17, 15) is 4.79 Å². The number of nitrogens with two attached hydrogens (primary N) is 1. The van der Waals surface area contributed by atoms with Gasteiger partial charge in [0.25, 0.3) is 0 Å². The number of rotatable bonds is 3. The van der Waals surface area contributed by atoms with E-state index < -0.39 is 0 Å². The zero-order chi connectivity index (χ0) is 9.68. The highest BCUT2D eigenvalue weighted by Gasteiger charge is 1.95. The van der Waals surface area contributed by atoms with Gasteiger partial charge in [0.05, 0.1) is 6.54 Å². The molecule has 0 fully saturated rings. The van der Waals surface area contributed by atoms with E-state index in [1.807, 2.05) is 29.6 Å². The van der Waals surface area contributed by atoms with E-state index in [1.54, 1.807) is 0 Å². The molecule has 0 saturated carbocycles. The van der Waals surface area contributed by atoms with E-state index in [0.29, 0.717) is 0 Å². The second-order valence-electron chi connectivity index (χ2n) is 2.87. The fourth-order valence-corrected chi connectivity index (χ4v) is 1.09. The number of carbonyl (C=O) groups is 1. The summed E-state index contributed by atoms with van der Waals surface area (Å²) in [6.07, 6.45) is 0. The summed E-state index contributed by atoms with van der Waals surface area (Å²) in [6.45, 7) is 2.36. The molecule has 1 aromatic carbocycles. The van der Waals surface area contributed by atoms with Gasteiger partial charge in [0.1, 0.15) is 0 Å². The van der Waals surface area contributed by atoms with Crippen molar-refractivity contribution in [2.75, 3.05) is 5.32 Å². The molecule has 3 nitrogen and oxygen atoms in total. The molecule has 0 unspecified atom stereocenters. The Bertz CT molecular complexity index is 279. The highest BCUT2D eigenvalue weighted by Crippen LogP contribution is 2.08. The van der Waals surface area contributed by atoms with Gasteiger partial charge >= 0.3 is 0 Å². The molecular weight excluding hydrogens is 164 g/mol. The van der Waals surface area contributed by atoms with Crippen molar-refractivity contribution in [3.8, 4) is 0 Å². The van der Waals surface area contributed by atoms with Gasteiger partial charge < -0.3 is 10.6 Å². The van der Waals surface area contributed by atoms with Gasteiger partial charge in [-0.2, -0.15) is 7.05 Å². The molecule has 1 aromatic rings. The summed E-state index contributed by atoms with van der Waals surface area (Å²) in [4.78, 5) is 10.7. The molecule has 3 N–H and O–H groups in total. The van der Waals surface area contributed by atoms with E-state index in [-0.39, 0.29) is 5.91 Å². The summed E-state index contributed by atoms with van der Waals surface area (Å²) in [5.74, 6) is -0.0449. The van der Waals surface area contributed by atoms with Gasteiger partial charge in [0.15, 0.2) is 0 Å². The second-order valence-corrected chi connectivity index (χ2v) is 2.87. The lowest BCUT2D eigenvalue weighted by Gasteiger charge is -2.03. The molecule has 3 heteroatoms. The quantitative estimate of drug-likeness (QED) is 0.650. The van der Waals surface area contributed by atoms with Gasteiger partial charge in [-0.25, -0.2) is 0 Å². The van der Waals surface area contributed by atoms with E-state index >= 15 is 0 Å². The van der Waals surface area contributed by atoms with Crippen LogP contribution in [0.25, 0.3) is 0 Å². The number of hydrogen-bond donors (Lipinski definition) is 2. The Morgan fingerprint density at radius 1 is 1.46 bits per heavy atom. The number of nitrogens with one attached hydrogen (secondary N) is 1. The molecule has 0 saturated heterocycles. The molecule has 0 atom stereocenters. The van der Waals surface area contributed by atoms with Crippen LogP contribution in [0.2, 0.25) is 0 Å². The zero-order valence-corrected chi connectivity index (χ0v) is 7.71. The molecule has 70 valence electrons. The number of hydrogen-bond acceptors (Lipinski definition) is 1. The highest BCUT2D eigenvalue weighted by atomic mass is 16.1. The standard InChI is InChI=1S/C10H14N2O/c1-8(13)12-10-5-3-9(4-6-10)7-11-2/h3-6H,2,7,11H2,1H3,(H,12,13). The van der Waals surface area contributed by atoms with Gasteiger partial charge in [-0.3, -0.25) is 4.79 Å². The molecule has 1 rings (SSSR count). The molecule has 0 spiro atoms. The van der Waals surface area contributed by atoms with Gasteiger partial charge in [-0.05, 0) is 12.1 Å². The Hall–Kier alpha value is -1.35. The van der Waals surface area contributed by atoms with E-state index in [0.717, 1.165) is 12.2 Å². The maximum atomic E-state index is 10.7. The largest absolute Gasteiger partial charge is 0.475 e. The number of amides is 1. The maximum Gasteiger partial charge on any atom is 0.221 e. The van der Waals surface area contributed by atoms with Crippen molar-refractivity contribution in [3.05, 3.63) is 36.9 Å². The van der Waals surface area contributed by atoms with Crippen LogP contribution in [0.3, 0.4) is 0 Å². The Labute approximate surface area is 78.2 Å². The van der Waals surface area contributed by atoms with Crippen LogP contribution in [0.4, 0.5) is 5.69 Å².